The van der Waals surface area contributed by atoms with Crippen LogP contribution in [0.15, 0.2) is 236 Å². The van der Waals surface area contributed by atoms with Crippen LogP contribution in [-0.2, 0) is 0 Å². The molecule has 0 saturated carbocycles. The van der Waals surface area contributed by atoms with Crippen molar-refractivity contribution in [2.24, 2.45) is 10.9 Å². The standard InChI is InChI=1S/C49H40N2Si2/c50-51-49(45-35-19-21-37-47(45)52(39-23-7-1-8-24-39,40-25-9-2-10-26-40)41-27-11-3-12-28-41)46-36-20-22-38-48(46)53(42-29-13-4-14-30-42,43-31-15-5-16-32-43)44-33-17-6-18-34-44/h1-38H,50H2. The van der Waals surface area contributed by atoms with Gasteiger partial charge in [-0.15, -0.1) is 0 Å². The van der Waals surface area contributed by atoms with Crippen LogP contribution in [0.3, 0.4) is 0 Å². The molecule has 0 heterocycles. The van der Waals surface area contributed by atoms with Crippen LogP contribution in [-0.4, -0.2) is 21.9 Å². The molecule has 0 atom stereocenters. The van der Waals surface area contributed by atoms with Crippen LogP contribution in [0.5, 0.6) is 0 Å². The van der Waals surface area contributed by atoms with Crippen LogP contribution in [0.2, 0.25) is 0 Å². The van der Waals surface area contributed by atoms with E-state index in [4.69, 9.17) is 10.9 Å². The van der Waals surface area contributed by atoms with Gasteiger partial charge in [-0.1, -0.05) is 231 Å². The Balaban J connectivity index is 1.47. The van der Waals surface area contributed by atoms with E-state index in [0.29, 0.717) is 0 Å². The van der Waals surface area contributed by atoms with Gasteiger partial charge in [0, 0.05) is 11.1 Å². The molecule has 0 bridgehead atoms. The van der Waals surface area contributed by atoms with Crippen molar-refractivity contribution in [2.45, 2.75) is 0 Å². The summed E-state index contributed by atoms with van der Waals surface area (Å²) in [6.45, 7) is 0. The quantitative estimate of drug-likeness (QED) is 0.0689. The molecule has 0 unspecified atom stereocenters. The Morgan fingerprint density at radius 3 is 0.717 bits per heavy atom. The van der Waals surface area contributed by atoms with E-state index in [9.17, 15) is 0 Å². The van der Waals surface area contributed by atoms with Crippen LogP contribution in [0.4, 0.5) is 0 Å². The Hall–Kier alpha value is -6.34. The van der Waals surface area contributed by atoms with Crippen molar-refractivity contribution in [1.29, 1.82) is 0 Å². The zero-order valence-electron chi connectivity index (χ0n) is 29.5. The number of benzene rings is 8. The molecule has 53 heavy (non-hydrogen) atoms. The summed E-state index contributed by atoms with van der Waals surface area (Å²) in [6.07, 6.45) is 0. The first kappa shape index (κ1) is 33.8. The zero-order chi connectivity index (χ0) is 35.9. The summed E-state index contributed by atoms with van der Waals surface area (Å²) < 4.78 is 0. The fourth-order valence-electron chi connectivity index (χ4n) is 8.38. The molecule has 2 N–H and O–H groups in total. The second-order valence-electron chi connectivity index (χ2n) is 13.3. The van der Waals surface area contributed by atoms with Gasteiger partial charge in [0.05, 0.1) is 5.71 Å². The van der Waals surface area contributed by atoms with Gasteiger partial charge in [0.2, 0.25) is 0 Å². The summed E-state index contributed by atoms with van der Waals surface area (Å²) >= 11 is 0. The van der Waals surface area contributed by atoms with Crippen molar-refractivity contribution in [3.05, 3.63) is 242 Å². The lowest BCUT2D eigenvalue weighted by molar-refractivity contribution is 1.24. The van der Waals surface area contributed by atoms with E-state index in [1.165, 1.54) is 41.5 Å². The van der Waals surface area contributed by atoms with Gasteiger partial charge in [-0.25, -0.2) is 0 Å². The molecule has 8 aromatic carbocycles. The van der Waals surface area contributed by atoms with E-state index in [-0.39, 0.29) is 0 Å². The number of hydrogen-bond acceptors (Lipinski definition) is 2. The molecule has 0 aliphatic carbocycles. The van der Waals surface area contributed by atoms with E-state index >= 15 is 0 Å². The topological polar surface area (TPSA) is 38.4 Å². The lowest BCUT2D eigenvalue weighted by atomic mass is 10.0. The maximum atomic E-state index is 6.71. The lowest BCUT2D eigenvalue weighted by Crippen LogP contribution is -2.76. The van der Waals surface area contributed by atoms with Crippen molar-refractivity contribution < 1.29 is 0 Å². The number of rotatable bonds is 10. The Kier molecular flexibility index (Phi) is 9.63. The Morgan fingerprint density at radius 2 is 0.491 bits per heavy atom. The van der Waals surface area contributed by atoms with Crippen LogP contribution >= 0.6 is 0 Å². The summed E-state index contributed by atoms with van der Waals surface area (Å²) in [6, 6.07) is 83.9. The number of hydrazone groups is 1. The molecule has 2 nitrogen and oxygen atoms in total. The lowest BCUT2D eigenvalue weighted by Gasteiger charge is -2.37. The molecule has 0 aromatic heterocycles. The van der Waals surface area contributed by atoms with Gasteiger partial charge in [0.1, 0.15) is 0 Å². The minimum Gasteiger partial charge on any atom is -0.323 e. The third kappa shape index (κ3) is 5.88. The summed E-state index contributed by atoms with van der Waals surface area (Å²) in [5.74, 6) is 6.71. The normalized spacial score (nSPS) is 11.5. The molecular weight excluding hydrogens is 673 g/mol. The average molecular weight is 713 g/mol. The predicted octanol–water partition coefficient (Wildman–Crippen LogP) is 5.15. The zero-order valence-corrected chi connectivity index (χ0v) is 31.5. The van der Waals surface area contributed by atoms with Gasteiger partial charge < -0.3 is 5.84 Å². The van der Waals surface area contributed by atoms with Crippen molar-refractivity contribution in [2.75, 3.05) is 0 Å². The largest absolute Gasteiger partial charge is 0.323 e. The van der Waals surface area contributed by atoms with Gasteiger partial charge >= 0.3 is 0 Å². The predicted molar refractivity (Wildman–Crippen MR) is 230 cm³/mol. The summed E-state index contributed by atoms with van der Waals surface area (Å²) in [5.41, 5.74) is 2.88. The molecule has 0 saturated heterocycles. The van der Waals surface area contributed by atoms with Gasteiger partial charge in [-0.3, -0.25) is 0 Å². The highest BCUT2D eigenvalue weighted by Crippen LogP contribution is 2.19. The molecule has 0 radical (unpaired) electrons. The first-order chi connectivity index (χ1) is 26.3. The molecule has 0 spiro atoms. The van der Waals surface area contributed by atoms with Crippen LogP contribution in [0, 0.1) is 0 Å². The Bertz CT molecular complexity index is 2070. The highest BCUT2D eigenvalue weighted by atomic mass is 28.3. The molecule has 0 fully saturated rings. The van der Waals surface area contributed by atoms with Crippen LogP contribution in [0.25, 0.3) is 0 Å². The van der Waals surface area contributed by atoms with Crippen molar-refractivity contribution >= 4 is 63.4 Å². The Labute approximate surface area is 314 Å². The minimum absolute atomic E-state index is 0.788. The number of nitrogens with two attached hydrogens (primary N) is 1. The van der Waals surface area contributed by atoms with Gasteiger partial charge in [-0.2, -0.15) is 5.10 Å². The first-order valence-corrected chi connectivity index (χ1v) is 22.1. The fourth-order valence-corrected chi connectivity index (χ4v) is 18.3. The molecule has 0 amide bonds. The minimum atomic E-state index is -2.94. The molecule has 0 aliphatic heterocycles. The Morgan fingerprint density at radius 1 is 0.283 bits per heavy atom. The van der Waals surface area contributed by atoms with Gasteiger partial charge in [0.15, 0.2) is 16.1 Å². The SMILES string of the molecule is NN=C(c1ccccc1[Si](c1ccccc1)(c1ccccc1)c1ccccc1)c1ccccc1[Si](c1ccccc1)(c1ccccc1)c1ccccc1. The van der Waals surface area contributed by atoms with Crippen molar-refractivity contribution in [1.82, 2.24) is 0 Å². The molecule has 8 aromatic rings. The maximum Gasteiger partial charge on any atom is 0.180 e. The molecular formula is C49H40N2Si2. The van der Waals surface area contributed by atoms with E-state index in [1.54, 1.807) is 0 Å². The van der Waals surface area contributed by atoms with Crippen LogP contribution < -0.4 is 47.3 Å². The molecule has 254 valence electrons. The second-order valence-corrected chi connectivity index (χ2v) is 20.8. The van der Waals surface area contributed by atoms with Crippen molar-refractivity contribution in [3.63, 3.8) is 0 Å². The summed E-state index contributed by atoms with van der Waals surface area (Å²) in [7, 11) is -5.87. The van der Waals surface area contributed by atoms with E-state index in [1.807, 2.05) is 0 Å². The maximum absolute atomic E-state index is 6.71. The monoisotopic (exact) mass is 712 g/mol. The molecule has 8 rings (SSSR count). The van der Waals surface area contributed by atoms with E-state index < -0.39 is 16.1 Å². The third-order valence-electron chi connectivity index (χ3n) is 10.5. The van der Waals surface area contributed by atoms with E-state index in [0.717, 1.165) is 16.8 Å². The fraction of sp³-hybridized carbons (Fsp3) is 0. The summed E-state index contributed by atoms with van der Waals surface area (Å²) in [5, 5.41) is 15.1. The summed E-state index contributed by atoms with van der Waals surface area (Å²) in [4.78, 5) is 0. The van der Waals surface area contributed by atoms with Gasteiger partial charge in [0.25, 0.3) is 0 Å². The molecule has 0 aliphatic rings. The smallest absolute Gasteiger partial charge is 0.180 e. The third-order valence-corrected chi connectivity index (χ3v) is 20.2. The van der Waals surface area contributed by atoms with Crippen LogP contribution in [0.1, 0.15) is 11.1 Å². The van der Waals surface area contributed by atoms with Crippen molar-refractivity contribution in [3.8, 4) is 0 Å². The average Bonchev–Trinajstić information content (AvgIpc) is 3.25. The number of nitrogens with zero attached hydrogens (tertiary/aromatic N) is 1. The highest BCUT2D eigenvalue weighted by Gasteiger charge is 2.46. The second kappa shape index (κ2) is 15.1. The molecule has 4 heteroatoms. The highest BCUT2D eigenvalue weighted by molar-refractivity contribution is 7.21. The van der Waals surface area contributed by atoms with E-state index in [2.05, 4.69) is 231 Å². The van der Waals surface area contributed by atoms with Gasteiger partial charge in [-0.05, 0) is 41.5 Å². The number of hydrogen-bond donors (Lipinski definition) is 1. The first-order valence-electron chi connectivity index (χ1n) is 18.1.